The first-order chi connectivity index (χ1) is 27.2. The summed E-state index contributed by atoms with van der Waals surface area (Å²) >= 11 is 0. The molecule has 57 heavy (non-hydrogen) atoms. The predicted molar refractivity (Wildman–Crippen MR) is 201 cm³/mol. The van der Waals surface area contributed by atoms with E-state index in [-0.39, 0.29) is 24.8 Å². The number of alkyl carbamates (subject to hydrolysis) is 1. The second-order valence-corrected chi connectivity index (χ2v) is 15.3. The average molecular weight is 790 g/mol. The third kappa shape index (κ3) is 6.97. The minimum Gasteiger partial charge on any atom is -0.488 e. The first-order valence-electron chi connectivity index (χ1n) is 18.7. The number of hydrogen-bond donors (Lipinski definition) is 4. The van der Waals surface area contributed by atoms with Crippen molar-refractivity contribution in [1.29, 1.82) is 0 Å². The summed E-state index contributed by atoms with van der Waals surface area (Å²) in [5, 5.41) is 14.2. The molecule has 0 aliphatic carbocycles. The van der Waals surface area contributed by atoms with Crippen molar-refractivity contribution in [2.45, 2.75) is 57.6 Å². The Labute approximate surface area is 324 Å². The summed E-state index contributed by atoms with van der Waals surface area (Å²) in [5.74, 6) is -1.30. The van der Waals surface area contributed by atoms with Crippen LogP contribution in [-0.4, -0.2) is 99.1 Å². The number of carbonyl (C=O) groups excluding carboxylic acids is 2. The highest BCUT2D eigenvalue weighted by molar-refractivity contribution is 6.07. The Bertz CT molecular complexity index is 2380. The summed E-state index contributed by atoms with van der Waals surface area (Å²) in [6.45, 7) is 3.90. The summed E-state index contributed by atoms with van der Waals surface area (Å²) in [7, 11) is 2.76. The smallest absolute Gasteiger partial charge is 0.407 e. The standard InChI is InChI=1S/C40H42F3N7O7/c1-19(2)33(48-38(52)56-4)37(51)49-16-24(40(41,42)43)12-31(49)35-44-14-29(46-35)22-5-7-25-23(10-22)18-57-32-13-26-21(11-27(25)32)6-8-28-34(26)47-36(45-28)30-9-20(17-55-3)15-50(30)39(53)54/h5-8,10-11,13-14,19-20,24,30-31,33H,9,12,15-18H2,1-4H3,(H,44,46)(H,45,47)(H,48,52)(H,53,54)/t20?,24-,30?,31-,33-/m0/s1. The van der Waals surface area contributed by atoms with Gasteiger partial charge in [0.25, 0.3) is 0 Å². The first-order valence-corrected chi connectivity index (χ1v) is 18.7. The Hall–Kier alpha value is -5.84. The number of hydrogen-bond acceptors (Lipinski definition) is 8. The van der Waals surface area contributed by atoms with Crippen LogP contribution >= 0.6 is 0 Å². The van der Waals surface area contributed by atoms with Crippen LogP contribution in [0.4, 0.5) is 22.8 Å². The molecule has 17 heteroatoms. The normalized spacial score (nSPS) is 21.1. The molecule has 5 aromatic rings. The van der Waals surface area contributed by atoms with E-state index in [9.17, 15) is 32.7 Å². The van der Waals surface area contributed by atoms with Crippen LogP contribution in [0, 0.1) is 17.8 Å². The van der Waals surface area contributed by atoms with Crippen LogP contribution in [0.15, 0.2) is 48.7 Å². The second-order valence-electron chi connectivity index (χ2n) is 15.3. The lowest BCUT2D eigenvalue weighted by Crippen LogP contribution is -2.51. The summed E-state index contributed by atoms with van der Waals surface area (Å²) in [5.41, 5.74) is 5.52. The van der Waals surface area contributed by atoms with E-state index in [0.29, 0.717) is 42.4 Å². The number of methoxy groups -OCH3 is 2. The summed E-state index contributed by atoms with van der Waals surface area (Å²) in [6.07, 6.45) is -4.63. The summed E-state index contributed by atoms with van der Waals surface area (Å²) in [4.78, 5) is 56.3. The van der Waals surface area contributed by atoms with E-state index in [1.165, 1.54) is 4.90 Å². The van der Waals surface area contributed by atoms with Crippen molar-refractivity contribution in [3.63, 3.8) is 0 Å². The molecular weight excluding hydrogens is 747 g/mol. The molecule has 2 saturated heterocycles. The topological polar surface area (TPSA) is 175 Å². The van der Waals surface area contributed by atoms with Gasteiger partial charge in [0.05, 0.1) is 54.6 Å². The molecule has 8 rings (SSSR count). The van der Waals surface area contributed by atoms with Crippen LogP contribution < -0.4 is 10.1 Å². The lowest BCUT2D eigenvalue weighted by molar-refractivity contribution is -0.171. The first kappa shape index (κ1) is 38.1. The van der Waals surface area contributed by atoms with Crippen LogP contribution in [0.25, 0.3) is 44.2 Å². The fraction of sp³-hybridized carbons (Fsp3) is 0.425. The van der Waals surface area contributed by atoms with Crippen LogP contribution in [0.3, 0.4) is 0 Å². The zero-order valence-electron chi connectivity index (χ0n) is 31.6. The number of imidazole rings is 2. The Morgan fingerprint density at radius 3 is 2.51 bits per heavy atom. The molecule has 3 aromatic carbocycles. The molecule has 3 aliphatic heterocycles. The summed E-state index contributed by atoms with van der Waals surface area (Å²) < 4.78 is 58.4. The molecule has 14 nitrogen and oxygen atoms in total. The van der Waals surface area contributed by atoms with Crippen molar-refractivity contribution < 1.29 is 46.9 Å². The molecule has 5 atom stereocenters. The number of H-pyrrole nitrogens is 2. The molecule has 2 aromatic heterocycles. The number of nitrogens with zero attached hydrogens (tertiary/aromatic N) is 4. The molecule has 0 bridgehead atoms. The lowest BCUT2D eigenvalue weighted by Gasteiger charge is -2.30. The van der Waals surface area contributed by atoms with E-state index < -0.39 is 60.8 Å². The molecule has 4 N–H and O–H groups in total. The van der Waals surface area contributed by atoms with Gasteiger partial charge in [0.15, 0.2) is 0 Å². The number of carbonyl (C=O) groups is 3. The number of rotatable bonds is 8. The van der Waals surface area contributed by atoms with Crippen molar-refractivity contribution in [3.8, 4) is 28.1 Å². The quantitative estimate of drug-likeness (QED) is 0.127. The molecule has 0 saturated carbocycles. The van der Waals surface area contributed by atoms with E-state index in [1.54, 1.807) is 27.2 Å². The van der Waals surface area contributed by atoms with E-state index >= 15 is 0 Å². The van der Waals surface area contributed by atoms with E-state index in [0.717, 1.165) is 50.6 Å². The SMILES string of the molecule is COCC1CC(c2nc3c(ccc4cc5c(cc43)OCc3cc(-c4cnc([C@@H]6C[C@H](C(F)(F)F)CN6C(=O)[C@@H](NC(=O)OC)C(C)C)[nH]4)ccc3-5)[nH]2)N(C(=O)O)C1. The van der Waals surface area contributed by atoms with Gasteiger partial charge in [0.2, 0.25) is 5.91 Å². The Morgan fingerprint density at radius 2 is 1.79 bits per heavy atom. The third-order valence-corrected chi connectivity index (χ3v) is 11.4. The maximum absolute atomic E-state index is 14.0. The highest BCUT2D eigenvalue weighted by Gasteiger charge is 2.51. The number of halogens is 3. The van der Waals surface area contributed by atoms with Crippen LogP contribution in [0.2, 0.25) is 0 Å². The van der Waals surface area contributed by atoms with Crippen molar-refractivity contribution >= 4 is 39.9 Å². The Morgan fingerprint density at radius 1 is 1.00 bits per heavy atom. The minimum atomic E-state index is -4.54. The van der Waals surface area contributed by atoms with Gasteiger partial charge in [0, 0.05) is 37.1 Å². The van der Waals surface area contributed by atoms with Crippen molar-refractivity contribution in [2.75, 3.05) is 33.9 Å². The van der Waals surface area contributed by atoms with E-state index in [4.69, 9.17) is 14.5 Å². The minimum absolute atomic E-state index is 0.0672. The fourth-order valence-electron chi connectivity index (χ4n) is 8.49. The van der Waals surface area contributed by atoms with Crippen molar-refractivity contribution in [3.05, 3.63) is 65.9 Å². The van der Waals surface area contributed by atoms with Gasteiger partial charge in [-0.2, -0.15) is 13.2 Å². The number of fused-ring (bicyclic) bond motifs is 6. The number of carboxylic acid groups (broad SMARTS) is 1. The molecule has 300 valence electrons. The second kappa shape index (κ2) is 14.6. The van der Waals surface area contributed by atoms with Gasteiger partial charge in [-0.3, -0.25) is 9.69 Å². The summed E-state index contributed by atoms with van der Waals surface area (Å²) in [6, 6.07) is 11.2. The zero-order valence-corrected chi connectivity index (χ0v) is 31.6. The van der Waals surface area contributed by atoms with Crippen LogP contribution in [0.5, 0.6) is 5.75 Å². The van der Waals surface area contributed by atoms with Gasteiger partial charge < -0.3 is 39.5 Å². The van der Waals surface area contributed by atoms with Gasteiger partial charge in [-0.05, 0) is 65.1 Å². The van der Waals surface area contributed by atoms with Crippen molar-refractivity contribution in [2.24, 2.45) is 17.8 Å². The number of nitrogens with one attached hydrogen (secondary N) is 3. The maximum atomic E-state index is 14.0. The molecular formula is C40H42F3N7O7. The van der Waals surface area contributed by atoms with Crippen LogP contribution in [0.1, 0.15) is 56.0 Å². The van der Waals surface area contributed by atoms with Gasteiger partial charge in [-0.25, -0.2) is 19.6 Å². The number of amides is 3. The lowest BCUT2D eigenvalue weighted by atomic mass is 9.92. The van der Waals surface area contributed by atoms with E-state index in [1.807, 2.05) is 42.5 Å². The molecule has 2 unspecified atom stereocenters. The van der Waals surface area contributed by atoms with Gasteiger partial charge in [-0.15, -0.1) is 0 Å². The largest absolute Gasteiger partial charge is 0.488 e. The van der Waals surface area contributed by atoms with Gasteiger partial charge in [0.1, 0.15) is 30.0 Å². The predicted octanol–water partition coefficient (Wildman–Crippen LogP) is 7.19. The number of alkyl halides is 3. The zero-order chi connectivity index (χ0) is 40.3. The van der Waals surface area contributed by atoms with Crippen molar-refractivity contribution in [1.82, 2.24) is 35.1 Å². The van der Waals surface area contributed by atoms with Crippen LogP contribution in [-0.2, 0) is 20.9 Å². The third-order valence-electron chi connectivity index (χ3n) is 11.4. The molecule has 3 amide bonds. The number of aromatic amines is 2. The molecule has 0 spiro atoms. The highest BCUT2D eigenvalue weighted by atomic mass is 19.4. The maximum Gasteiger partial charge on any atom is 0.407 e. The number of benzene rings is 3. The Balaban J connectivity index is 1.07. The highest BCUT2D eigenvalue weighted by Crippen LogP contribution is 2.45. The number of ether oxygens (including phenoxy) is 3. The Kier molecular flexibility index (Phi) is 9.74. The molecule has 0 radical (unpaired) electrons. The van der Waals surface area contributed by atoms with E-state index in [2.05, 4.69) is 25.0 Å². The monoisotopic (exact) mass is 789 g/mol. The molecule has 5 heterocycles. The number of likely N-dealkylation sites (tertiary alicyclic amines) is 2. The van der Waals surface area contributed by atoms with Gasteiger partial charge in [-0.1, -0.05) is 32.0 Å². The molecule has 3 aliphatic rings. The average Bonchev–Trinajstić information content (AvgIpc) is 4.00. The van der Waals surface area contributed by atoms with Gasteiger partial charge >= 0.3 is 18.4 Å². The number of aromatic nitrogens is 4. The fourth-order valence-corrected chi connectivity index (χ4v) is 8.49. The molecule has 2 fully saturated rings.